The summed E-state index contributed by atoms with van der Waals surface area (Å²) in [5.41, 5.74) is 9.47. The van der Waals surface area contributed by atoms with E-state index in [9.17, 15) is 5.11 Å². The van der Waals surface area contributed by atoms with Crippen molar-refractivity contribution in [1.82, 2.24) is 14.8 Å². The van der Waals surface area contributed by atoms with Crippen LogP contribution in [0.15, 0.2) is 60.0 Å². The number of aliphatic hydroxyl groups excluding tert-OH is 1. The summed E-state index contributed by atoms with van der Waals surface area (Å²) in [6.45, 7) is 0.0256. The molecule has 3 aromatic rings. The maximum atomic E-state index is 9.30. The normalized spacial score (nSPS) is 21.9. The lowest BCUT2D eigenvalue weighted by atomic mass is 10.0. The molecule has 152 valence electrons. The molecule has 2 aromatic carbocycles. The van der Waals surface area contributed by atoms with Crippen molar-refractivity contribution < 1.29 is 14.6 Å². The average Bonchev–Trinajstić information content (AvgIpc) is 3.17. The maximum Gasteiger partial charge on any atom is 0.190 e. The standard InChI is InChI=1S/C21H24N4O3S/c1-25-13-23-24-21(25)29-12-18-10-19(15-7-5-14(11-26)6-8-15)28-20(27-18)16-3-2-4-17(22)9-16/h2-9,13,18-20,26H,10-12,22H2,1H3/t18-,19+,20+/m1/s1. The zero-order valence-corrected chi connectivity index (χ0v) is 17.0. The Labute approximate surface area is 173 Å². The Balaban J connectivity index is 1.54. The van der Waals surface area contributed by atoms with Gasteiger partial charge in [0.05, 0.1) is 18.8 Å². The van der Waals surface area contributed by atoms with Gasteiger partial charge >= 0.3 is 0 Å². The van der Waals surface area contributed by atoms with Crippen LogP contribution >= 0.6 is 11.8 Å². The molecule has 0 amide bonds. The van der Waals surface area contributed by atoms with E-state index in [4.69, 9.17) is 15.2 Å². The highest BCUT2D eigenvalue weighted by Gasteiger charge is 2.32. The molecule has 0 saturated carbocycles. The highest BCUT2D eigenvalue weighted by molar-refractivity contribution is 7.99. The van der Waals surface area contributed by atoms with Crippen LogP contribution < -0.4 is 5.73 Å². The van der Waals surface area contributed by atoms with Crippen LogP contribution in [-0.4, -0.2) is 31.7 Å². The van der Waals surface area contributed by atoms with Crippen LogP contribution in [0.2, 0.25) is 0 Å². The number of aromatic nitrogens is 3. The Morgan fingerprint density at radius 2 is 2.00 bits per heavy atom. The quantitative estimate of drug-likeness (QED) is 0.474. The van der Waals surface area contributed by atoms with Crippen LogP contribution in [0.25, 0.3) is 0 Å². The minimum atomic E-state index is -0.500. The fraction of sp³-hybridized carbons (Fsp3) is 0.333. The van der Waals surface area contributed by atoms with Crippen molar-refractivity contribution in [3.8, 4) is 0 Å². The summed E-state index contributed by atoms with van der Waals surface area (Å²) in [7, 11) is 1.92. The molecule has 1 aliphatic rings. The van der Waals surface area contributed by atoms with Crippen LogP contribution in [0.1, 0.15) is 35.5 Å². The van der Waals surface area contributed by atoms with Crippen molar-refractivity contribution in [3.63, 3.8) is 0 Å². The molecule has 0 bridgehead atoms. The molecule has 0 unspecified atom stereocenters. The topological polar surface area (TPSA) is 95.4 Å². The van der Waals surface area contributed by atoms with Crippen LogP contribution in [0.5, 0.6) is 0 Å². The van der Waals surface area contributed by atoms with Crippen molar-refractivity contribution in [2.75, 3.05) is 11.5 Å². The summed E-state index contributed by atoms with van der Waals surface area (Å²) < 4.78 is 14.5. The molecule has 1 fully saturated rings. The number of nitrogens with zero attached hydrogens (tertiary/aromatic N) is 3. The van der Waals surface area contributed by atoms with Gasteiger partial charge < -0.3 is 24.9 Å². The van der Waals surface area contributed by atoms with Gasteiger partial charge in [-0.1, -0.05) is 48.2 Å². The number of aryl methyl sites for hydroxylation is 1. The number of hydrogen-bond donors (Lipinski definition) is 2. The second-order valence-corrected chi connectivity index (χ2v) is 8.04. The SMILES string of the molecule is Cn1cnnc1SC[C@H]1C[C@@H](c2ccc(CO)cc2)O[C@@H](c2cccc(N)c2)O1. The third-order valence-electron chi connectivity index (χ3n) is 4.87. The van der Waals surface area contributed by atoms with E-state index in [1.165, 1.54) is 0 Å². The summed E-state index contributed by atoms with van der Waals surface area (Å²) in [5, 5.41) is 18.2. The van der Waals surface area contributed by atoms with Gasteiger partial charge in [-0.2, -0.15) is 0 Å². The lowest BCUT2D eigenvalue weighted by Gasteiger charge is -2.36. The molecule has 1 saturated heterocycles. The van der Waals surface area contributed by atoms with Gasteiger partial charge in [0.2, 0.25) is 0 Å². The van der Waals surface area contributed by atoms with Gasteiger partial charge in [-0.25, -0.2) is 0 Å². The molecule has 8 heteroatoms. The van der Waals surface area contributed by atoms with Gasteiger partial charge in [0.15, 0.2) is 11.4 Å². The van der Waals surface area contributed by atoms with Gasteiger partial charge in [0.25, 0.3) is 0 Å². The smallest absolute Gasteiger partial charge is 0.190 e. The molecule has 3 N–H and O–H groups in total. The molecule has 7 nitrogen and oxygen atoms in total. The van der Waals surface area contributed by atoms with Crippen LogP contribution in [-0.2, 0) is 23.1 Å². The Morgan fingerprint density at radius 1 is 1.17 bits per heavy atom. The van der Waals surface area contributed by atoms with Crippen molar-refractivity contribution in [2.24, 2.45) is 7.05 Å². The second kappa shape index (κ2) is 8.96. The Bertz CT molecular complexity index is 947. The molecule has 0 spiro atoms. The van der Waals surface area contributed by atoms with E-state index in [1.807, 2.05) is 60.1 Å². The predicted octanol–water partition coefficient (Wildman–Crippen LogP) is 3.23. The van der Waals surface area contributed by atoms with E-state index in [0.717, 1.165) is 34.0 Å². The lowest BCUT2D eigenvalue weighted by molar-refractivity contribution is -0.245. The summed E-state index contributed by atoms with van der Waals surface area (Å²) in [6, 6.07) is 15.5. The van der Waals surface area contributed by atoms with E-state index in [1.54, 1.807) is 18.1 Å². The number of rotatable bonds is 6. The van der Waals surface area contributed by atoms with E-state index in [0.29, 0.717) is 5.69 Å². The minimum Gasteiger partial charge on any atom is -0.399 e. The third-order valence-corrected chi connectivity index (χ3v) is 6.03. The minimum absolute atomic E-state index is 0.0256. The fourth-order valence-electron chi connectivity index (χ4n) is 3.30. The summed E-state index contributed by atoms with van der Waals surface area (Å²) >= 11 is 1.61. The highest BCUT2D eigenvalue weighted by atomic mass is 32.2. The van der Waals surface area contributed by atoms with E-state index in [-0.39, 0.29) is 18.8 Å². The highest BCUT2D eigenvalue weighted by Crippen LogP contribution is 2.39. The number of anilines is 1. The number of nitrogen functional groups attached to an aromatic ring is 1. The predicted molar refractivity (Wildman–Crippen MR) is 111 cm³/mol. The van der Waals surface area contributed by atoms with Crippen molar-refractivity contribution in [2.45, 2.75) is 36.7 Å². The monoisotopic (exact) mass is 412 g/mol. The van der Waals surface area contributed by atoms with Crippen LogP contribution in [0.3, 0.4) is 0 Å². The first kappa shape index (κ1) is 19.9. The first-order chi connectivity index (χ1) is 14.1. The van der Waals surface area contributed by atoms with Gasteiger partial charge in [-0.05, 0) is 23.3 Å². The third kappa shape index (κ3) is 4.79. The molecule has 3 atom stereocenters. The largest absolute Gasteiger partial charge is 0.399 e. The molecule has 1 aliphatic heterocycles. The van der Waals surface area contributed by atoms with Gasteiger partial charge in [0, 0.05) is 30.5 Å². The molecule has 4 rings (SSSR count). The Kier molecular flexibility index (Phi) is 6.15. The number of nitrogens with two attached hydrogens (primary N) is 1. The maximum absolute atomic E-state index is 9.30. The number of ether oxygens (including phenoxy) is 2. The molecule has 29 heavy (non-hydrogen) atoms. The summed E-state index contributed by atoms with van der Waals surface area (Å²) in [5.74, 6) is 0.736. The first-order valence-corrected chi connectivity index (χ1v) is 10.4. The van der Waals surface area contributed by atoms with Gasteiger partial charge in [-0.3, -0.25) is 0 Å². The van der Waals surface area contributed by atoms with Crippen molar-refractivity contribution >= 4 is 17.4 Å². The molecular weight excluding hydrogens is 388 g/mol. The summed E-state index contributed by atoms with van der Waals surface area (Å²) in [6.07, 6.45) is 1.77. The van der Waals surface area contributed by atoms with Crippen LogP contribution in [0.4, 0.5) is 5.69 Å². The zero-order valence-electron chi connectivity index (χ0n) is 16.1. The molecular formula is C21H24N4O3S. The zero-order chi connectivity index (χ0) is 20.2. The lowest BCUT2D eigenvalue weighted by Crippen LogP contribution is -2.31. The second-order valence-electron chi connectivity index (χ2n) is 7.06. The first-order valence-electron chi connectivity index (χ1n) is 9.45. The number of aliphatic hydroxyl groups is 1. The molecule has 1 aromatic heterocycles. The number of thioether (sulfide) groups is 1. The number of hydrogen-bond acceptors (Lipinski definition) is 7. The van der Waals surface area contributed by atoms with E-state index < -0.39 is 6.29 Å². The molecule has 0 radical (unpaired) electrons. The summed E-state index contributed by atoms with van der Waals surface area (Å²) in [4.78, 5) is 0. The molecule has 0 aliphatic carbocycles. The Hall–Kier alpha value is -2.39. The van der Waals surface area contributed by atoms with E-state index in [2.05, 4.69) is 10.2 Å². The average molecular weight is 413 g/mol. The van der Waals surface area contributed by atoms with Crippen molar-refractivity contribution in [1.29, 1.82) is 0 Å². The fourth-order valence-corrected chi connectivity index (χ4v) is 4.20. The van der Waals surface area contributed by atoms with E-state index >= 15 is 0 Å². The van der Waals surface area contributed by atoms with Crippen molar-refractivity contribution in [3.05, 3.63) is 71.5 Å². The van der Waals surface area contributed by atoms with Gasteiger partial charge in [0.1, 0.15) is 6.33 Å². The number of benzene rings is 2. The molecule has 2 heterocycles. The van der Waals surface area contributed by atoms with Gasteiger partial charge in [-0.15, -0.1) is 10.2 Å². The Morgan fingerprint density at radius 3 is 2.69 bits per heavy atom. The van der Waals surface area contributed by atoms with Crippen LogP contribution in [0, 0.1) is 0 Å².